The fourth-order valence-electron chi connectivity index (χ4n) is 1.81. The second-order valence-electron chi connectivity index (χ2n) is 4.25. The Morgan fingerprint density at radius 3 is 2.52 bits per heavy atom. The zero-order valence-corrected chi connectivity index (χ0v) is 10.7. The van der Waals surface area contributed by atoms with Gasteiger partial charge in [-0.15, -0.1) is 0 Å². The van der Waals surface area contributed by atoms with E-state index in [0.29, 0.717) is 6.07 Å². The molecular formula is C14H11FN2O4. The average molecular weight is 290 g/mol. The molecule has 21 heavy (non-hydrogen) atoms. The van der Waals surface area contributed by atoms with Crippen LogP contribution in [0.1, 0.15) is 15.9 Å². The summed E-state index contributed by atoms with van der Waals surface area (Å²) in [6.45, 7) is 0.272. The van der Waals surface area contributed by atoms with Crippen molar-refractivity contribution in [1.82, 2.24) is 0 Å². The Balaban J connectivity index is 2.30. The molecule has 0 aliphatic rings. The summed E-state index contributed by atoms with van der Waals surface area (Å²) >= 11 is 0. The first kappa shape index (κ1) is 14.4. The molecule has 6 nitrogen and oxygen atoms in total. The van der Waals surface area contributed by atoms with Gasteiger partial charge in [-0.3, -0.25) is 10.1 Å². The number of hydrogen-bond donors (Lipinski definition) is 2. The molecule has 0 radical (unpaired) electrons. The van der Waals surface area contributed by atoms with Gasteiger partial charge in [0, 0.05) is 6.54 Å². The summed E-state index contributed by atoms with van der Waals surface area (Å²) in [6, 6.07) is 10.6. The number of aromatic carboxylic acids is 1. The van der Waals surface area contributed by atoms with Crippen LogP contribution in [-0.2, 0) is 6.54 Å². The average Bonchev–Trinajstić information content (AvgIpc) is 2.46. The Bertz CT molecular complexity index is 689. The van der Waals surface area contributed by atoms with Crippen molar-refractivity contribution >= 4 is 17.3 Å². The van der Waals surface area contributed by atoms with Crippen molar-refractivity contribution in [3.8, 4) is 0 Å². The number of carboxylic acid groups (broad SMARTS) is 1. The highest BCUT2D eigenvalue weighted by Crippen LogP contribution is 2.26. The maximum atomic E-state index is 13.8. The van der Waals surface area contributed by atoms with Crippen LogP contribution in [-0.4, -0.2) is 16.0 Å². The van der Waals surface area contributed by atoms with Gasteiger partial charge in [-0.25, -0.2) is 9.18 Å². The molecule has 0 aliphatic heterocycles. The van der Waals surface area contributed by atoms with Gasteiger partial charge >= 0.3 is 5.97 Å². The molecule has 0 aliphatic carbocycles. The van der Waals surface area contributed by atoms with Crippen LogP contribution in [0.4, 0.5) is 15.8 Å². The molecule has 0 fully saturated rings. The largest absolute Gasteiger partial charge is 0.477 e. The second kappa shape index (κ2) is 6.00. The van der Waals surface area contributed by atoms with Gasteiger partial charge in [0.15, 0.2) is 5.82 Å². The monoisotopic (exact) mass is 290 g/mol. The van der Waals surface area contributed by atoms with Gasteiger partial charge < -0.3 is 10.4 Å². The number of carbonyl (C=O) groups is 1. The minimum Gasteiger partial charge on any atom is -0.477 e. The quantitative estimate of drug-likeness (QED) is 0.652. The molecule has 0 saturated carbocycles. The summed E-state index contributed by atoms with van der Waals surface area (Å²) < 4.78 is 13.8. The van der Waals surface area contributed by atoms with Crippen molar-refractivity contribution in [2.45, 2.75) is 6.54 Å². The maximum Gasteiger partial charge on any atom is 0.342 e. The number of rotatable bonds is 5. The third kappa shape index (κ3) is 3.33. The molecule has 2 aromatic rings. The van der Waals surface area contributed by atoms with E-state index in [2.05, 4.69) is 5.32 Å². The lowest BCUT2D eigenvalue weighted by molar-refractivity contribution is -0.385. The van der Waals surface area contributed by atoms with E-state index >= 15 is 0 Å². The van der Waals surface area contributed by atoms with E-state index in [1.165, 1.54) is 0 Å². The van der Waals surface area contributed by atoms with E-state index in [-0.39, 0.29) is 12.2 Å². The zero-order chi connectivity index (χ0) is 15.4. The van der Waals surface area contributed by atoms with Gasteiger partial charge in [-0.1, -0.05) is 30.3 Å². The highest BCUT2D eigenvalue weighted by molar-refractivity contribution is 5.93. The molecule has 0 heterocycles. The van der Waals surface area contributed by atoms with Crippen LogP contribution < -0.4 is 5.32 Å². The Morgan fingerprint density at radius 1 is 1.29 bits per heavy atom. The van der Waals surface area contributed by atoms with Crippen LogP contribution in [0.15, 0.2) is 42.5 Å². The topological polar surface area (TPSA) is 92.5 Å². The van der Waals surface area contributed by atoms with E-state index in [4.69, 9.17) is 5.11 Å². The molecule has 0 aromatic heterocycles. The van der Waals surface area contributed by atoms with Crippen LogP contribution in [0.2, 0.25) is 0 Å². The molecule has 2 rings (SSSR count). The van der Waals surface area contributed by atoms with Crippen molar-refractivity contribution in [3.63, 3.8) is 0 Å². The second-order valence-corrected chi connectivity index (χ2v) is 4.25. The van der Waals surface area contributed by atoms with Crippen LogP contribution in [0.25, 0.3) is 0 Å². The van der Waals surface area contributed by atoms with Crippen LogP contribution in [0.5, 0.6) is 0 Å². The first-order valence-electron chi connectivity index (χ1n) is 5.98. The Labute approximate surface area is 119 Å². The first-order chi connectivity index (χ1) is 9.99. The molecule has 0 atom stereocenters. The molecule has 108 valence electrons. The number of nitro benzene ring substituents is 1. The van der Waals surface area contributed by atoms with E-state index in [1.807, 2.05) is 30.3 Å². The van der Waals surface area contributed by atoms with E-state index in [1.54, 1.807) is 0 Å². The minimum absolute atomic E-state index is 0.0955. The van der Waals surface area contributed by atoms with Gasteiger partial charge in [0.2, 0.25) is 0 Å². The number of hydrogen-bond acceptors (Lipinski definition) is 4. The van der Waals surface area contributed by atoms with Gasteiger partial charge in [0.05, 0.1) is 16.7 Å². The molecule has 0 bridgehead atoms. The van der Waals surface area contributed by atoms with Gasteiger partial charge in [0.25, 0.3) is 5.69 Å². The van der Waals surface area contributed by atoms with Crippen molar-refractivity contribution < 1.29 is 19.2 Å². The Morgan fingerprint density at radius 2 is 1.95 bits per heavy atom. The predicted molar refractivity (Wildman–Crippen MR) is 73.8 cm³/mol. The zero-order valence-electron chi connectivity index (χ0n) is 10.7. The number of nitrogens with one attached hydrogen (secondary N) is 1. The van der Waals surface area contributed by atoms with Crippen molar-refractivity contribution in [3.05, 3.63) is 69.5 Å². The Kier molecular flexibility index (Phi) is 4.13. The molecule has 7 heteroatoms. The number of nitrogens with zero attached hydrogens (tertiary/aromatic N) is 1. The van der Waals surface area contributed by atoms with E-state index in [9.17, 15) is 19.3 Å². The number of halogens is 1. The molecule has 2 N–H and O–H groups in total. The summed E-state index contributed by atoms with van der Waals surface area (Å²) in [6.07, 6.45) is 0. The van der Waals surface area contributed by atoms with Gasteiger partial charge in [-0.2, -0.15) is 0 Å². The van der Waals surface area contributed by atoms with E-state index in [0.717, 1.165) is 11.6 Å². The molecule has 0 amide bonds. The Hall–Kier alpha value is -2.96. The van der Waals surface area contributed by atoms with Gasteiger partial charge in [0.1, 0.15) is 5.56 Å². The van der Waals surface area contributed by atoms with Crippen molar-refractivity contribution in [1.29, 1.82) is 0 Å². The lowest BCUT2D eigenvalue weighted by Gasteiger charge is -2.09. The smallest absolute Gasteiger partial charge is 0.342 e. The van der Waals surface area contributed by atoms with E-state index < -0.39 is 28.0 Å². The summed E-state index contributed by atoms with van der Waals surface area (Å²) in [5.41, 5.74) is -0.559. The highest BCUT2D eigenvalue weighted by Gasteiger charge is 2.23. The van der Waals surface area contributed by atoms with Crippen LogP contribution in [0.3, 0.4) is 0 Å². The summed E-state index contributed by atoms with van der Waals surface area (Å²) in [5.74, 6) is -2.35. The maximum absolute atomic E-state index is 13.8. The highest BCUT2D eigenvalue weighted by atomic mass is 19.1. The summed E-state index contributed by atoms with van der Waals surface area (Å²) in [4.78, 5) is 20.8. The number of anilines is 1. The summed E-state index contributed by atoms with van der Waals surface area (Å²) in [5, 5.41) is 22.4. The molecular weight excluding hydrogens is 279 g/mol. The number of nitro groups is 1. The standard InChI is InChI=1S/C14H11FN2O4/c15-11-7-13(17(20)21)10(14(18)19)6-12(11)16-8-9-4-2-1-3-5-9/h1-7,16H,8H2,(H,18,19). The van der Waals surface area contributed by atoms with Crippen molar-refractivity contribution in [2.75, 3.05) is 5.32 Å². The predicted octanol–water partition coefficient (Wildman–Crippen LogP) is 3.04. The van der Waals surface area contributed by atoms with Crippen LogP contribution in [0, 0.1) is 15.9 Å². The lowest BCUT2D eigenvalue weighted by atomic mass is 10.1. The third-order valence-electron chi connectivity index (χ3n) is 2.84. The third-order valence-corrected chi connectivity index (χ3v) is 2.84. The number of carboxylic acids is 1. The first-order valence-corrected chi connectivity index (χ1v) is 5.98. The molecule has 0 unspecified atom stereocenters. The SMILES string of the molecule is O=C(O)c1cc(NCc2ccccc2)c(F)cc1[N+](=O)[O-]. The fourth-order valence-corrected chi connectivity index (χ4v) is 1.81. The summed E-state index contributed by atoms with van der Waals surface area (Å²) in [7, 11) is 0. The molecule has 0 saturated heterocycles. The molecule has 0 spiro atoms. The molecule has 2 aromatic carbocycles. The number of benzene rings is 2. The normalized spacial score (nSPS) is 10.1. The minimum atomic E-state index is -1.48. The lowest BCUT2D eigenvalue weighted by Crippen LogP contribution is -2.07. The van der Waals surface area contributed by atoms with Crippen molar-refractivity contribution in [2.24, 2.45) is 0 Å². The fraction of sp³-hybridized carbons (Fsp3) is 0.0714. The van der Waals surface area contributed by atoms with Crippen LogP contribution >= 0.6 is 0 Å². The van der Waals surface area contributed by atoms with Gasteiger partial charge in [-0.05, 0) is 11.6 Å².